The third-order valence-electron chi connectivity index (χ3n) is 3.97. The molecule has 2 rings (SSSR count). The van der Waals surface area contributed by atoms with Gasteiger partial charge in [0, 0.05) is 19.1 Å². The zero-order valence-corrected chi connectivity index (χ0v) is 15.3. The van der Waals surface area contributed by atoms with E-state index >= 15 is 0 Å². The van der Waals surface area contributed by atoms with E-state index in [0.29, 0.717) is 17.5 Å². The molecule has 0 fully saturated rings. The first kappa shape index (κ1) is 17.6. The molecule has 124 valence electrons. The number of nitrogens with zero attached hydrogens (tertiary/aromatic N) is 2. The molecule has 1 aromatic heterocycles. The van der Waals surface area contributed by atoms with Gasteiger partial charge in [-0.25, -0.2) is 4.98 Å². The van der Waals surface area contributed by atoms with Crippen LogP contribution in [-0.2, 0) is 13.1 Å². The standard InChI is InChI=1S/C18H25N3OS/c1-12(2)21(5)11-16-9-7-6-8-15(16)10-19-18(22)17-13(3)20-14(4)23-17/h6-9,12H,10-11H2,1-5H3,(H,19,22). The van der Waals surface area contributed by atoms with Crippen molar-refractivity contribution in [2.45, 2.75) is 46.8 Å². The first-order chi connectivity index (χ1) is 10.9. The highest BCUT2D eigenvalue weighted by Gasteiger charge is 2.14. The molecule has 0 bridgehead atoms. The van der Waals surface area contributed by atoms with Crippen molar-refractivity contribution in [3.05, 3.63) is 51.0 Å². The van der Waals surface area contributed by atoms with E-state index in [0.717, 1.165) is 22.8 Å². The van der Waals surface area contributed by atoms with Gasteiger partial charge in [-0.1, -0.05) is 24.3 Å². The maximum Gasteiger partial charge on any atom is 0.263 e. The maximum atomic E-state index is 12.3. The Balaban J connectivity index is 2.06. The summed E-state index contributed by atoms with van der Waals surface area (Å²) in [6.45, 7) is 9.58. The predicted octanol–water partition coefficient (Wildman–Crippen LogP) is 3.53. The summed E-state index contributed by atoms with van der Waals surface area (Å²) in [5.74, 6) is -0.0416. The van der Waals surface area contributed by atoms with Crippen molar-refractivity contribution in [1.82, 2.24) is 15.2 Å². The van der Waals surface area contributed by atoms with Gasteiger partial charge in [0.2, 0.25) is 0 Å². The van der Waals surface area contributed by atoms with E-state index in [2.05, 4.69) is 48.2 Å². The number of nitrogens with one attached hydrogen (secondary N) is 1. The Hall–Kier alpha value is -1.72. The van der Waals surface area contributed by atoms with E-state index in [-0.39, 0.29) is 5.91 Å². The second-order valence-electron chi connectivity index (χ2n) is 6.11. The fraction of sp³-hybridized carbons (Fsp3) is 0.444. The van der Waals surface area contributed by atoms with Crippen molar-refractivity contribution in [2.24, 2.45) is 0 Å². The molecule has 2 aromatic rings. The van der Waals surface area contributed by atoms with E-state index in [9.17, 15) is 4.79 Å². The molecule has 1 aromatic carbocycles. The number of carbonyl (C=O) groups is 1. The van der Waals surface area contributed by atoms with Crippen molar-refractivity contribution in [3.63, 3.8) is 0 Å². The molecule has 0 aliphatic heterocycles. The molecule has 0 atom stereocenters. The van der Waals surface area contributed by atoms with E-state index < -0.39 is 0 Å². The van der Waals surface area contributed by atoms with Crippen molar-refractivity contribution in [3.8, 4) is 0 Å². The van der Waals surface area contributed by atoms with Crippen LogP contribution in [0.25, 0.3) is 0 Å². The van der Waals surface area contributed by atoms with Crippen molar-refractivity contribution < 1.29 is 4.79 Å². The highest BCUT2D eigenvalue weighted by atomic mass is 32.1. The minimum absolute atomic E-state index is 0.0416. The SMILES string of the molecule is Cc1nc(C)c(C(=O)NCc2ccccc2CN(C)C(C)C)s1. The summed E-state index contributed by atoms with van der Waals surface area (Å²) in [5.41, 5.74) is 3.21. The Labute approximate surface area is 142 Å². The number of amides is 1. The molecular weight excluding hydrogens is 306 g/mol. The summed E-state index contributed by atoms with van der Waals surface area (Å²) in [6.07, 6.45) is 0. The van der Waals surface area contributed by atoms with Crippen LogP contribution in [0, 0.1) is 13.8 Å². The summed E-state index contributed by atoms with van der Waals surface area (Å²) in [5, 5.41) is 3.95. The molecular formula is C18H25N3OS. The third kappa shape index (κ3) is 4.62. The molecule has 1 N–H and O–H groups in total. The van der Waals surface area contributed by atoms with E-state index in [1.54, 1.807) is 0 Å². The smallest absolute Gasteiger partial charge is 0.263 e. The number of aromatic nitrogens is 1. The lowest BCUT2D eigenvalue weighted by Gasteiger charge is -2.22. The van der Waals surface area contributed by atoms with Gasteiger partial charge in [-0.2, -0.15) is 0 Å². The molecule has 0 saturated heterocycles. The summed E-state index contributed by atoms with van der Waals surface area (Å²) in [4.78, 5) is 19.7. The number of benzene rings is 1. The van der Waals surface area contributed by atoms with Crippen LogP contribution in [0.3, 0.4) is 0 Å². The highest BCUT2D eigenvalue weighted by molar-refractivity contribution is 7.13. The molecule has 5 heteroatoms. The van der Waals surface area contributed by atoms with Crippen molar-refractivity contribution >= 4 is 17.2 Å². The molecule has 23 heavy (non-hydrogen) atoms. The number of hydrogen-bond donors (Lipinski definition) is 1. The van der Waals surface area contributed by atoms with Gasteiger partial charge < -0.3 is 5.32 Å². The summed E-state index contributed by atoms with van der Waals surface area (Å²) < 4.78 is 0. The van der Waals surface area contributed by atoms with Gasteiger partial charge in [-0.15, -0.1) is 11.3 Å². The van der Waals surface area contributed by atoms with E-state index in [1.165, 1.54) is 16.9 Å². The minimum Gasteiger partial charge on any atom is -0.347 e. The molecule has 0 aliphatic carbocycles. The Morgan fingerprint density at radius 3 is 2.48 bits per heavy atom. The Morgan fingerprint density at radius 2 is 1.91 bits per heavy atom. The zero-order valence-electron chi connectivity index (χ0n) is 14.5. The Morgan fingerprint density at radius 1 is 1.26 bits per heavy atom. The lowest BCUT2D eigenvalue weighted by molar-refractivity contribution is 0.0954. The second kappa shape index (κ2) is 7.70. The topological polar surface area (TPSA) is 45.2 Å². The van der Waals surface area contributed by atoms with Gasteiger partial charge in [-0.3, -0.25) is 9.69 Å². The molecule has 0 radical (unpaired) electrons. The van der Waals surface area contributed by atoms with Crippen LogP contribution in [0.1, 0.15) is 45.3 Å². The molecule has 0 saturated carbocycles. The second-order valence-corrected chi connectivity index (χ2v) is 7.31. The minimum atomic E-state index is -0.0416. The van der Waals surface area contributed by atoms with E-state index in [1.807, 2.05) is 26.0 Å². The lowest BCUT2D eigenvalue weighted by atomic mass is 10.1. The van der Waals surface area contributed by atoms with Crippen LogP contribution in [0.4, 0.5) is 0 Å². The van der Waals surface area contributed by atoms with Gasteiger partial charge >= 0.3 is 0 Å². The summed E-state index contributed by atoms with van der Waals surface area (Å²) in [6, 6.07) is 8.76. The van der Waals surface area contributed by atoms with E-state index in [4.69, 9.17) is 0 Å². The monoisotopic (exact) mass is 331 g/mol. The molecule has 0 unspecified atom stereocenters. The van der Waals surface area contributed by atoms with Gasteiger partial charge in [0.25, 0.3) is 5.91 Å². The number of carbonyl (C=O) groups excluding carboxylic acids is 1. The molecule has 4 nitrogen and oxygen atoms in total. The predicted molar refractivity (Wildman–Crippen MR) is 95.8 cm³/mol. The molecule has 1 amide bonds. The highest BCUT2D eigenvalue weighted by Crippen LogP contribution is 2.17. The number of aryl methyl sites for hydroxylation is 2. The van der Waals surface area contributed by atoms with Crippen LogP contribution in [-0.4, -0.2) is 28.9 Å². The lowest BCUT2D eigenvalue weighted by Crippen LogP contribution is -2.27. The molecule has 0 spiro atoms. The third-order valence-corrected chi connectivity index (χ3v) is 5.04. The first-order valence-corrected chi connectivity index (χ1v) is 8.69. The summed E-state index contributed by atoms with van der Waals surface area (Å²) >= 11 is 1.44. The fourth-order valence-electron chi connectivity index (χ4n) is 2.33. The summed E-state index contributed by atoms with van der Waals surface area (Å²) in [7, 11) is 2.11. The number of hydrogen-bond acceptors (Lipinski definition) is 4. The van der Waals surface area contributed by atoms with Crippen LogP contribution >= 0.6 is 11.3 Å². The maximum absolute atomic E-state index is 12.3. The zero-order chi connectivity index (χ0) is 17.0. The van der Waals surface area contributed by atoms with Gasteiger partial charge in [-0.05, 0) is 45.9 Å². The van der Waals surface area contributed by atoms with Crippen LogP contribution in [0.2, 0.25) is 0 Å². The Bertz CT molecular complexity index is 679. The van der Waals surface area contributed by atoms with Crippen LogP contribution in [0.15, 0.2) is 24.3 Å². The number of rotatable bonds is 6. The van der Waals surface area contributed by atoms with Gasteiger partial charge in [0.05, 0.1) is 10.7 Å². The van der Waals surface area contributed by atoms with Crippen LogP contribution in [0.5, 0.6) is 0 Å². The average Bonchev–Trinajstić information content (AvgIpc) is 2.84. The first-order valence-electron chi connectivity index (χ1n) is 7.87. The van der Waals surface area contributed by atoms with Gasteiger partial charge in [0.15, 0.2) is 0 Å². The molecule has 1 heterocycles. The van der Waals surface area contributed by atoms with Crippen molar-refractivity contribution in [1.29, 1.82) is 0 Å². The Kier molecular flexibility index (Phi) is 5.91. The van der Waals surface area contributed by atoms with Crippen molar-refractivity contribution in [2.75, 3.05) is 7.05 Å². The number of thiazole rings is 1. The largest absolute Gasteiger partial charge is 0.347 e. The van der Waals surface area contributed by atoms with Gasteiger partial charge in [0.1, 0.15) is 4.88 Å². The normalized spacial score (nSPS) is 11.3. The average molecular weight is 331 g/mol. The quantitative estimate of drug-likeness (QED) is 0.881. The molecule has 0 aliphatic rings. The van der Waals surface area contributed by atoms with Crippen LogP contribution < -0.4 is 5.32 Å². The fourth-order valence-corrected chi connectivity index (χ4v) is 3.17.